The number of fused-ring (bicyclic) bond motifs is 1. The number of rotatable bonds is 3. The van der Waals surface area contributed by atoms with Crippen LogP contribution in [0.1, 0.15) is 28.6 Å². The lowest BCUT2D eigenvalue weighted by Crippen LogP contribution is -2.19. The van der Waals surface area contributed by atoms with Crippen LogP contribution in [-0.4, -0.2) is 32.9 Å². The fourth-order valence-electron chi connectivity index (χ4n) is 3.10. The molecular weight excluding hydrogens is 292 g/mol. The maximum Gasteiger partial charge on any atom is 0.0972 e. The van der Waals surface area contributed by atoms with Gasteiger partial charge in [0, 0.05) is 42.5 Å². The zero-order valence-corrected chi connectivity index (χ0v) is 13.4. The summed E-state index contributed by atoms with van der Waals surface area (Å²) in [5.41, 5.74) is 4.39. The molecule has 1 aliphatic heterocycles. The van der Waals surface area contributed by atoms with Crippen molar-refractivity contribution < 1.29 is 0 Å². The summed E-state index contributed by atoms with van der Waals surface area (Å²) in [6.07, 6.45) is 4.70. The molecule has 1 aromatic carbocycles. The highest BCUT2D eigenvalue weighted by atomic mass is 32.1. The van der Waals surface area contributed by atoms with Gasteiger partial charge in [0.1, 0.15) is 0 Å². The molecule has 0 aliphatic carbocycles. The molecule has 0 radical (unpaired) electrons. The quantitative estimate of drug-likeness (QED) is 0.743. The van der Waals surface area contributed by atoms with Crippen LogP contribution in [0.2, 0.25) is 0 Å². The van der Waals surface area contributed by atoms with Crippen LogP contribution in [0.3, 0.4) is 0 Å². The molecule has 1 unspecified atom stereocenters. The van der Waals surface area contributed by atoms with Gasteiger partial charge in [0.25, 0.3) is 0 Å². The third-order valence-electron chi connectivity index (χ3n) is 4.20. The molecule has 1 saturated heterocycles. The average Bonchev–Trinajstić information content (AvgIpc) is 3.16. The summed E-state index contributed by atoms with van der Waals surface area (Å²) in [7, 11) is 0. The second-order valence-electron chi connectivity index (χ2n) is 5.93. The van der Waals surface area contributed by atoms with E-state index in [9.17, 15) is 0 Å². The van der Waals surface area contributed by atoms with Gasteiger partial charge in [-0.3, -0.25) is 14.9 Å². The minimum Gasteiger partial charge on any atom is -0.298 e. The number of hydrogen-bond acceptors (Lipinski definition) is 5. The average molecular weight is 310 g/mol. The number of nitrogens with zero attached hydrogens (tertiary/aromatic N) is 4. The van der Waals surface area contributed by atoms with E-state index in [4.69, 9.17) is 0 Å². The second-order valence-corrected chi connectivity index (χ2v) is 6.82. The SMILES string of the molecule is Cc1csc(C2CCN(Cc3ccc4nccnc4c3)C2)n1. The van der Waals surface area contributed by atoms with Crippen LogP contribution >= 0.6 is 11.3 Å². The lowest BCUT2D eigenvalue weighted by Gasteiger charge is -2.15. The summed E-state index contributed by atoms with van der Waals surface area (Å²) >= 11 is 1.80. The van der Waals surface area contributed by atoms with Crippen molar-refractivity contribution in [1.29, 1.82) is 0 Å². The summed E-state index contributed by atoms with van der Waals surface area (Å²) in [4.78, 5) is 15.9. The Morgan fingerprint density at radius 1 is 1.23 bits per heavy atom. The first-order chi connectivity index (χ1) is 10.8. The van der Waals surface area contributed by atoms with Crippen LogP contribution in [0.25, 0.3) is 11.0 Å². The number of thiazole rings is 1. The van der Waals surface area contributed by atoms with Gasteiger partial charge in [-0.2, -0.15) is 0 Å². The molecule has 0 saturated carbocycles. The van der Waals surface area contributed by atoms with E-state index in [1.165, 1.54) is 17.0 Å². The Bertz CT molecular complexity index is 798. The summed E-state index contributed by atoms with van der Waals surface area (Å²) in [5.74, 6) is 0.596. The van der Waals surface area contributed by atoms with E-state index in [1.54, 1.807) is 23.7 Å². The molecule has 1 fully saturated rings. The number of likely N-dealkylation sites (tertiary alicyclic amines) is 1. The first kappa shape index (κ1) is 13.8. The zero-order valence-electron chi connectivity index (χ0n) is 12.6. The van der Waals surface area contributed by atoms with Crippen LogP contribution < -0.4 is 0 Å². The number of hydrogen-bond donors (Lipinski definition) is 0. The lowest BCUT2D eigenvalue weighted by atomic mass is 10.1. The normalized spacial score (nSPS) is 19.0. The Kier molecular flexibility index (Phi) is 3.60. The van der Waals surface area contributed by atoms with Crippen molar-refractivity contribution in [2.45, 2.75) is 25.8 Å². The van der Waals surface area contributed by atoms with Gasteiger partial charge in [-0.1, -0.05) is 6.07 Å². The molecule has 3 aromatic rings. The van der Waals surface area contributed by atoms with Crippen molar-refractivity contribution in [1.82, 2.24) is 19.9 Å². The molecular formula is C17H18N4S. The van der Waals surface area contributed by atoms with E-state index in [0.717, 1.165) is 36.4 Å². The van der Waals surface area contributed by atoms with Gasteiger partial charge < -0.3 is 0 Å². The molecule has 0 spiro atoms. The van der Waals surface area contributed by atoms with Crippen molar-refractivity contribution in [3.05, 3.63) is 52.2 Å². The Morgan fingerprint density at radius 2 is 2.09 bits per heavy atom. The van der Waals surface area contributed by atoms with E-state index in [2.05, 4.69) is 50.4 Å². The molecule has 4 nitrogen and oxygen atoms in total. The number of aryl methyl sites for hydroxylation is 1. The first-order valence-electron chi connectivity index (χ1n) is 7.62. The predicted octanol–water partition coefficient (Wildman–Crippen LogP) is 3.38. The summed E-state index contributed by atoms with van der Waals surface area (Å²) in [5, 5.41) is 3.45. The molecule has 3 heterocycles. The van der Waals surface area contributed by atoms with Gasteiger partial charge in [0.2, 0.25) is 0 Å². The zero-order chi connectivity index (χ0) is 14.9. The third kappa shape index (κ3) is 2.74. The van der Waals surface area contributed by atoms with Crippen LogP contribution in [0.4, 0.5) is 0 Å². The number of benzene rings is 1. The van der Waals surface area contributed by atoms with Crippen molar-refractivity contribution in [2.24, 2.45) is 0 Å². The van der Waals surface area contributed by atoms with Gasteiger partial charge in [0.05, 0.1) is 16.0 Å². The topological polar surface area (TPSA) is 41.9 Å². The molecule has 0 bridgehead atoms. The largest absolute Gasteiger partial charge is 0.298 e. The molecule has 4 rings (SSSR count). The van der Waals surface area contributed by atoms with Gasteiger partial charge in [-0.25, -0.2) is 4.98 Å². The van der Waals surface area contributed by atoms with Crippen LogP contribution in [0.15, 0.2) is 36.0 Å². The molecule has 22 heavy (non-hydrogen) atoms. The van der Waals surface area contributed by atoms with Crippen LogP contribution in [0.5, 0.6) is 0 Å². The predicted molar refractivity (Wildman–Crippen MR) is 89.0 cm³/mol. The van der Waals surface area contributed by atoms with E-state index < -0.39 is 0 Å². The monoisotopic (exact) mass is 310 g/mol. The fourth-order valence-corrected chi connectivity index (χ4v) is 4.03. The molecule has 0 N–H and O–H groups in total. The summed E-state index contributed by atoms with van der Waals surface area (Å²) < 4.78 is 0. The Hall–Kier alpha value is -1.85. The van der Waals surface area contributed by atoms with Gasteiger partial charge >= 0.3 is 0 Å². The van der Waals surface area contributed by atoms with E-state index in [-0.39, 0.29) is 0 Å². The van der Waals surface area contributed by atoms with Gasteiger partial charge in [-0.15, -0.1) is 11.3 Å². The third-order valence-corrected chi connectivity index (χ3v) is 5.32. The molecule has 1 atom stereocenters. The molecule has 1 aliphatic rings. The van der Waals surface area contributed by atoms with Crippen LogP contribution in [-0.2, 0) is 6.54 Å². The fraction of sp³-hybridized carbons (Fsp3) is 0.353. The Balaban J connectivity index is 1.47. The minimum absolute atomic E-state index is 0.596. The van der Waals surface area contributed by atoms with Crippen molar-refractivity contribution in [3.63, 3.8) is 0 Å². The highest BCUT2D eigenvalue weighted by molar-refractivity contribution is 7.09. The van der Waals surface area contributed by atoms with Crippen molar-refractivity contribution in [2.75, 3.05) is 13.1 Å². The van der Waals surface area contributed by atoms with Gasteiger partial charge in [0.15, 0.2) is 0 Å². The first-order valence-corrected chi connectivity index (χ1v) is 8.50. The van der Waals surface area contributed by atoms with E-state index in [1.807, 2.05) is 0 Å². The maximum atomic E-state index is 4.65. The lowest BCUT2D eigenvalue weighted by molar-refractivity contribution is 0.327. The van der Waals surface area contributed by atoms with Crippen molar-refractivity contribution in [3.8, 4) is 0 Å². The second kappa shape index (κ2) is 5.74. The minimum atomic E-state index is 0.596. The summed E-state index contributed by atoms with van der Waals surface area (Å²) in [6.45, 7) is 5.30. The molecule has 2 aromatic heterocycles. The standard InChI is InChI=1S/C17H18N4S/c1-12-11-22-17(20-12)14-4-7-21(10-14)9-13-2-3-15-16(8-13)19-6-5-18-15/h2-3,5-6,8,11,14H,4,7,9-10H2,1H3. The Labute approximate surface area is 133 Å². The molecule has 5 heteroatoms. The Morgan fingerprint density at radius 3 is 2.91 bits per heavy atom. The van der Waals surface area contributed by atoms with Crippen molar-refractivity contribution >= 4 is 22.4 Å². The smallest absolute Gasteiger partial charge is 0.0972 e. The highest BCUT2D eigenvalue weighted by Gasteiger charge is 2.25. The number of aromatic nitrogens is 3. The summed E-state index contributed by atoms with van der Waals surface area (Å²) in [6, 6.07) is 6.39. The maximum absolute atomic E-state index is 4.65. The van der Waals surface area contributed by atoms with Gasteiger partial charge in [-0.05, 0) is 37.6 Å². The van der Waals surface area contributed by atoms with Crippen LogP contribution in [0, 0.1) is 6.92 Å². The van der Waals surface area contributed by atoms with E-state index >= 15 is 0 Å². The highest BCUT2D eigenvalue weighted by Crippen LogP contribution is 2.30. The molecule has 0 amide bonds. The van der Waals surface area contributed by atoms with E-state index in [0.29, 0.717) is 5.92 Å². The molecule has 112 valence electrons.